The Morgan fingerprint density at radius 1 is 1.17 bits per heavy atom. The summed E-state index contributed by atoms with van der Waals surface area (Å²) in [4.78, 5) is 2.06. The first kappa shape index (κ1) is 14.2. The highest BCUT2D eigenvalue weighted by atomic mass is 19.1. The molecule has 1 saturated heterocycles. The molecule has 0 radical (unpaired) electrons. The highest BCUT2D eigenvalue weighted by molar-refractivity contribution is 5.51. The molecule has 0 amide bonds. The van der Waals surface area contributed by atoms with E-state index >= 15 is 0 Å². The number of hydrogen-bond acceptors (Lipinski definition) is 4. The van der Waals surface area contributed by atoms with Crippen molar-refractivity contribution in [3.05, 3.63) is 41.7 Å². The van der Waals surface area contributed by atoms with E-state index in [1.165, 1.54) is 18.9 Å². The number of rotatable bonds is 3. The number of piperidine rings is 1. The number of aromatic nitrogens is 3. The molecule has 1 aromatic heterocycles. The van der Waals surface area contributed by atoms with Gasteiger partial charge in [-0.2, -0.15) is 5.26 Å². The van der Waals surface area contributed by atoms with Gasteiger partial charge in [0.05, 0.1) is 17.3 Å². The van der Waals surface area contributed by atoms with Crippen LogP contribution in [0.3, 0.4) is 0 Å². The maximum absolute atomic E-state index is 14.2. The smallest absolute Gasteiger partial charge is 0.147 e. The van der Waals surface area contributed by atoms with Crippen LogP contribution in [0.2, 0.25) is 0 Å². The molecule has 2 aromatic rings. The molecule has 5 nitrogen and oxygen atoms in total. The van der Waals surface area contributed by atoms with Gasteiger partial charge < -0.3 is 9.47 Å². The lowest BCUT2D eigenvalue weighted by Crippen LogP contribution is -2.34. The number of nitriles is 1. The van der Waals surface area contributed by atoms with Gasteiger partial charge in [0.25, 0.3) is 0 Å². The topological polar surface area (TPSA) is 57.7 Å². The fourth-order valence-corrected chi connectivity index (χ4v) is 3.39. The van der Waals surface area contributed by atoms with Gasteiger partial charge in [0, 0.05) is 25.0 Å². The van der Waals surface area contributed by atoms with E-state index in [2.05, 4.69) is 19.7 Å². The van der Waals surface area contributed by atoms with E-state index in [4.69, 9.17) is 5.26 Å². The Balaban J connectivity index is 1.47. The Hall–Kier alpha value is -2.42. The molecular formula is C17H18FN5. The molecule has 0 atom stereocenters. The van der Waals surface area contributed by atoms with Crippen LogP contribution < -0.4 is 4.90 Å². The lowest BCUT2D eigenvalue weighted by molar-refractivity contribution is 0.461. The summed E-state index contributed by atoms with van der Waals surface area (Å²) in [5.41, 5.74) is 0.949. The molecule has 0 spiro atoms. The van der Waals surface area contributed by atoms with Crippen molar-refractivity contribution in [3.8, 4) is 6.07 Å². The highest BCUT2D eigenvalue weighted by Gasteiger charge is 2.31. The van der Waals surface area contributed by atoms with E-state index in [0.717, 1.165) is 31.8 Å². The van der Waals surface area contributed by atoms with E-state index in [0.29, 0.717) is 23.2 Å². The van der Waals surface area contributed by atoms with Crippen molar-refractivity contribution in [1.82, 2.24) is 14.8 Å². The Labute approximate surface area is 134 Å². The van der Waals surface area contributed by atoms with Crippen LogP contribution in [0.1, 0.15) is 49.0 Å². The third-order valence-corrected chi connectivity index (χ3v) is 4.82. The summed E-state index contributed by atoms with van der Waals surface area (Å²) in [7, 11) is 0. The molecule has 4 rings (SSSR count). The maximum Gasteiger partial charge on any atom is 0.147 e. The van der Waals surface area contributed by atoms with E-state index < -0.39 is 0 Å². The molecule has 23 heavy (non-hydrogen) atoms. The molecule has 0 bridgehead atoms. The summed E-state index contributed by atoms with van der Waals surface area (Å²) >= 11 is 0. The molecule has 1 aliphatic heterocycles. The fourth-order valence-electron chi connectivity index (χ4n) is 3.39. The third-order valence-electron chi connectivity index (χ3n) is 4.82. The molecule has 1 saturated carbocycles. The minimum Gasteiger partial charge on any atom is -0.369 e. The van der Waals surface area contributed by atoms with Gasteiger partial charge in [0.2, 0.25) is 0 Å². The zero-order valence-electron chi connectivity index (χ0n) is 12.8. The molecule has 2 heterocycles. The minimum absolute atomic E-state index is 0.316. The van der Waals surface area contributed by atoms with Crippen LogP contribution in [-0.4, -0.2) is 27.9 Å². The minimum atomic E-state index is -0.316. The second-order valence-electron chi connectivity index (χ2n) is 6.37. The van der Waals surface area contributed by atoms with Crippen LogP contribution in [0.5, 0.6) is 0 Å². The van der Waals surface area contributed by atoms with Crippen molar-refractivity contribution < 1.29 is 4.39 Å². The maximum atomic E-state index is 14.2. The molecule has 6 heteroatoms. The lowest BCUT2D eigenvalue weighted by Gasteiger charge is -2.33. The first-order valence-electron chi connectivity index (χ1n) is 8.10. The van der Waals surface area contributed by atoms with Gasteiger partial charge in [0.15, 0.2) is 0 Å². The average molecular weight is 311 g/mol. The van der Waals surface area contributed by atoms with E-state index in [1.807, 2.05) is 12.4 Å². The molecule has 1 aromatic carbocycles. The van der Waals surface area contributed by atoms with Gasteiger partial charge in [-0.1, -0.05) is 0 Å². The van der Waals surface area contributed by atoms with Crippen LogP contribution in [0.4, 0.5) is 10.1 Å². The second-order valence-corrected chi connectivity index (χ2v) is 6.37. The first-order chi connectivity index (χ1) is 11.3. The second kappa shape index (κ2) is 5.65. The summed E-state index contributed by atoms with van der Waals surface area (Å²) in [5.74, 6) is 1.17. The average Bonchev–Trinajstić information content (AvgIpc) is 3.32. The van der Waals surface area contributed by atoms with Crippen LogP contribution in [0.25, 0.3) is 0 Å². The highest BCUT2D eigenvalue weighted by Crippen LogP contribution is 2.38. The standard InChI is InChI=1S/C17H18FN5/c18-15-9-12(10-19)1-4-16(15)22-7-5-13(6-8-22)17-21-20-11-23(17)14-2-3-14/h1,4,9,11,13-14H,2-3,5-8H2. The monoisotopic (exact) mass is 311 g/mol. The van der Waals surface area contributed by atoms with Crippen molar-refractivity contribution in [2.75, 3.05) is 18.0 Å². The number of benzene rings is 1. The Morgan fingerprint density at radius 3 is 2.61 bits per heavy atom. The molecular weight excluding hydrogens is 293 g/mol. The van der Waals surface area contributed by atoms with Crippen LogP contribution in [-0.2, 0) is 0 Å². The Morgan fingerprint density at radius 2 is 1.96 bits per heavy atom. The normalized spacial score (nSPS) is 18.9. The van der Waals surface area contributed by atoms with Gasteiger partial charge in [0.1, 0.15) is 18.0 Å². The van der Waals surface area contributed by atoms with Crippen LogP contribution >= 0.6 is 0 Å². The zero-order chi connectivity index (χ0) is 15.8. The van der Waals surface area contributed by atoms with Crippen molar-refractivity contribution in [1.29, 1.82) is 5.26 Å². The van der Waals surface area contributed by atoms with Crippen molar-refractivity contribution in [2.24, 2.45) is 0 Å². The Kier molecular flexibility index (Phi) is 3.49. The van der Waals surface area contributed by atoms with Crippen LogP contribution in [0.15, 0.2) is 24.5 Å². The van der Waals surface area contributed by atoms with E-state index in [1.54, 1.807) is 12.1 Å². The summed E-state index contributed by atoms with van der Waals surface area (Å²) < 4.78 is 16.4. The first-order valence-corrected chi connectivity index (χ1v) is 8.10. The molecule has 0 unspecified atom stereocenters. The van der Waals surface area contributed by atoms with E-state index in [9.17, 15) is 4.39 Å². The predicted molar refractivity (Wildman–Crippen MR) is 83.6 cm³/mol. The quantitative estimate of drug-likeness (QED) is 0.874. The van der Waals surface area contributed by atoms with E-state index in [-0.39, 0.29) is 5.82 Å². The van der Waals surface area contributed by atoms with Gasteiger partial charge >= 0.3 is 0 Å². The lowest BCUT2D eigenvalue weighted by atomic mass is 9.95. The van der Waals surface area contributed by atoms with Crippen molar-refractivity contribution >= 4 is 5.69 Å². The molecule has 0 N–H and O–H groups in total. The Bertz CT molecular complexity index is 751. The third kappa shape index (κ3) is 2.67. The number of hydrogen-bond donors (Lipinski definition) is 0. The van der Waals surface area contributed by atoms with Crippen molar-refractivity contribution in [2.45, 2.75) is 37.6 Å². The predicted octanol–water partition coefficient (Wildman–Crippen LogP) is 3.01. The molecule has 2 aliphatic rings. The number of anilines is 1. The summed E-state index contributed by atoms with van der Waals surface area (Å²) in [6, 6.07) is 7.26. The van der Waals surface area contributed by atoms with Gasteiger partial charge in [-0.05, 0) is 43.9 Å². The zero-order valence-corrected chi connectivity index (χ0v) is 12.8. The molecule has 1 aliphatic carbocycles. The summed E-state index contributed by atoms with van der Waals surface area (Å²) in [6.45, 7) is 1.59. The van der Waals surface area contributed by atoms with Crippen molar-refractivity contribution in [3.63, 3.8) is 0 Å². The molecule has 118 valence electrons. The SMILES string of the molecule is N#Cc1ccc(N2CCC(c3nncn3C3CC3)CC2)c(F)c1. The van der Waals surface area contributed by atoms with Crippen LogP contribution in [0, 0.1) is 17.1 Å². The molecule has 2 fully saturated rings. The number of halogens is 1. The van der Waals surface area contributed by atoms with Gasteiger partial charge in [-0.3, -0.25) is 0 Å². The summed E-state index contributed by atoms with van der Waals surface area (Å²) in [5, 5.41) is 17.2. The fraction of sp³-hybridized carbons (Fsp3) is 0.471. The van der Waals surface area contributed by atoms with Gasteiger partial charge in [-0.15, -0.1) is 10.2 Å². The van der Waals surface area contributed by atoms with Gasteiger partial charge in [-0.25, -0.2) is 4.39 Å². The number of nitrogens with zero attached hydrogens (tertiary/aromatic N) is 5. The largest absolute Gasteiger partial charge is 0.369 e. The summed E-state index contributed by atoms with van der Waals surface area (Å²) in [6.07, 6.45) is 6.19.